The van der Waals surface area contributed by atoms with Gasteiger partial charge in [0, 0.05) is 30.8 Å². The first-order chi connectivity index (χ1) is 16.8. The molecular formula is C25H27ClN4O5. The second-order valence-corrected chi connectivity index (χ2v) is 9.33. The Labute approximate surface area is 208 Å². The van der Waals surface area contributed by atoms with Crippen molar-refractivity contribution in [3.8, 4) is 0 Å². The molecule has 0 aromatic heterocycles. The second-order valence-electron chi connectivity index (χ2n) is 8.92. The minimum absolute atomic E-state index is 0.0593. The van der Waals surface area contributed by atoms with Gasteiger partial charge in [-0.15, -0.1) is 0 Å². The van der Waals surface area contributed by atoms with Crippen molar-refractivity contribution in [2.45, 2.75) is 52.0 Å². The van der Waals surface area contributed by atoms with Crippen molar-refractivity contribution in [2.24, 2.45) is 5.41 Å². The molecule has 4 amide bonds. The topological polar surface area (TPSA) is 113 Å². The first kappa shape index (κ1) is 24.7. The molecule has 0 saturated carbocycles. The highest BCUT2D eigenvalue weighted by Crippen LogP contribution is 2.48. The third-order valence-electron chi connectivity index (χ3n) is 6.82. The van der Waals surface area contributed by atoms with E-state index < -0.39 is 34.2 Å². The van der Waals surface area contributed by atoms with Crippen LogP contribution in [0, 0.1) is 15.5 Å². The zero-order chi connectivity index (χ0) is 25.3. The number of nitro benzene ring substituents is 1. The number of para-hydroxylation sites is 1. The van der Waals surface area contributed by atoms with E-state index in [9.17, 15) is 24.5 Å². The maximum atomic E-state index is 14.2. The Morgan fingerprint density at radius 3 is 2.51 bits per heavy atom. The number of non-ortho nitro benzene ring substituents is 1. The number of hydrogen-bond acceptors (Lipinski definition) is 6. The third kappa shape index (κ3) is 4.03. The fraction of sp³-hybridized carbons (Fsp3) is 0.400. The number of nitrogens with zero attached hydrogens (tertiary/aromatic N) is 3. The van der Waals surface area contributed by atoms with Crippen molar-refractivity contribution in [3.63, 3.8) is 0 Å². The van der Waals surface area contributed by atoms with E-state index in [1.54, 1.807) is 30.3 Å². The summed E-state index contributed by atoms with van der Waals surface area (Å²) in [6.07, 6.45) is 2.84. The lowest BCUT2D eigenvalue weighted by Gasteiger charge is -2.52. The zero-order valence-electron chi connectivity index (χ0n) is 19.6. The number of rotatable bonds is 7. The Bertz CT molecular complexity index is 1200. The minimum Gasteiger partial charge on any atom is -0.367 e. The van der Waals surface area contributed by atoms with Gasteiger partial charge >= 0.3 is 6.03 Å². The second kappa shape index (κ2) is 9.65. The fourth-order valence-electron chi connectivity index (χ4n) is 5.19. The summed E-state index contributed by atoms with van der Waals surface area (Å²) in [5.41, 5.74) is -0.289. The number of barbiturate groups is 1. The van der Waals surface area contributed by atoms with Gasteiger partial charge in [-0.3, -0.25) is 25.0 Å². The first-order valence-electron chi connectivity index (χ1n) is 11.7. The molecule has 2 aromatic rings. The SMILES string of the molecule is CCCCN1c2ccc([N+](=O)[O-])cc2C[C@]2(C(=O)NC(=O)N(c3ccccc3Cl)C2=O)[C@@H]1CCC. The van der Waals surface area contributed by atoms with E-state index in [2.05, 4.69) is 5.32 Å². The van der Waals surface area contributed by atoms with Gasteiger partial charge < -0.3 is 4.90 Å². The van der Waals surface area contributed by atoms with E-state index in [1.807, 2.05) is 18.7 Å². The molecule has 1 spiro atoms. The van der Waals surface area contributed by atoms with E-state index in [0.29, 0.717) is 24.9 Å². The molecule has 9 nitrogen and oxygen atoms in total. The van der Waals surface area contributed by atoms with Crippen molar-refractivity contribution in [2.75, 3.05) is 16.3 Å². The molecule has 1 N–H and O–H groups in total. The van der Waals surface area contributed by atoms with Gasteiger partial charge in [-0.2, -0.15) is 0 Å². The fourth-order valence-corrected chi connectivity index (χ4v) is 5.42. The number of unbranched alkanes of at least 4 members (excludes halogenated alkanes) is 1. The molecule has 2 aliphatic heterocycles. The molecule has 184 valence electrons. The van der Waals surface area contributed by atoms with E-state index in [1.165, 1.54) is 12.1 Å². The number of nitrogens with one attached hydrogen (secondary N) is 1. The average Bonchev–Trinajstić information content (AvgIpc) is 2.83. The number of hydrogen-bond donors (Lipinski definition) is 1. The smallest absolute Gasteiger partial charge is 0.335 e. The molecular weight excluding hydrogens is 472 g/mol. The standard InChI is InChI=1S/C25H27ClN4O5/c1-3-5-13-28-19-12-11-17(30(34)35)14-16(19)15-25(21(28)8-4-2)22(31)27-24(33)29(23(25)32)20-10-7-6-9-18(20)26/h6-7,9-12,14,21H,3-5,8,13,15H2,1-2H3,(H,27,31,33)/t21-,25+/m0/s1. The Morgan fingerprint density at radius 2 is 1.86 bits per heavy atom. The number of anilines is 2. The van der Waals surface area contributed by atoms with Crippen LogP contribution in [0.5, 0.6) is 0 Å². The predicted molar refractivity (Wildman–Crippen MR) is 133 cm³/mol. The number of carbonyl (C=O) groups excluding carboxylic acids is 3. The lowest BCUT2D eigenvalue weighted by Crippen LogP contribution is -2.72. The predicted octanol–water partition coefficient (Wildman–Crippen LogP) is 4.85. The highest BCUT2D eigenvalue weighted by molar-refractivity contribution is 6.37. The molecule has 4 rings (SSSR count). The molecule has 2 aliphatic rings. The van der Waals surface area contributed by atoms with Crippen LogP contribution in [0.3, 0.4) is 0 Å². The van der Waals surface area contributed by atoms with Crippen LogP contribution in [0.4, 0.5) is 21.9 Å². The highest BCUT2D eigenvalue weighted by atomic mass is 35.5. The summed E-state index contributed by atoms with van der Waals surface area (Å²) in [5, 5.41) is 14.1. The Morgan fingerprint density at radius 1 is 1.11 bits per heavy atom. The largest absolute Gasteiger partial charge is 0.367 e. The summed E-state index contributed by atoms with van der Waals surface area (Å²) in [6, 6.07) is 9.61. The normalized spacial score (nSPS) is 21.8. The van der Waals surface area contributed by atoms with Gasteiger partial charge in [0.25, 0.3) is 11.6 Å². The zero-order valence-corrected chi connectivity index (χ0v) is 20.4. The maximum Gasteiger partial charge on any atom is 0.335 e. The van der Waals surface area contributed by atoms with Crippen LogP contribution in [-0.2, 0) is 16.0 Å². The quantitative estimate of drug-likeness (QED) is 0.331. The number of amides is 4. The lowest BCUT2D eigenvalue weighted by atomic mass is 9.67. The molecule has 1 saturated heterocycles. The van der Waals surface area contributed by atoms with Gasteiger partial charge in [-0.05, 0) is 36.6 Å². The monoisotopic (exact) mass is 498 g/mol. The van der Waals surface area contributed by atoms with Crippen LogP contribution in [-0.4, -0.2) is 35.4 Å². The lowest BCUT2D eigenvalue weighted by molar-refractivity contribution is -0.384. The highest BCUT2D eigenvalue weighted by Gasteiger charge is 2.62. The van der Waals surface area contributed by atoms with Crippen LogP contribution in [0.1, 0.15) is 45.1 Å². The number of benzene rings is 2. The molecule has 0 bridgehead atoms. The van der Waals surface area contributed by atoms with E-state index in [4.69, 9.17) is 11.6 Å². The first-order valence-corrected chi connectivity index (χ1v) is 12.1. The van der Waals surface area contributed by atoms with Crippen LogP contribution >= 0.6 is 11.6 Å². The number of imide groups is 2. The molecule has 0 radical (unpaired) electrons. The average molecular weight is 499 g/mol. The molecule has 2 atom stereocenters. The summed E-state index contributed by atoms with van der Waals surface area (Å²) in [4.78, 5) is 54.7. The van der Waals surface area contributed by atoms with Gasteiger partial charge in [0.15, 0.2) is 5.41 Å². The summed E-state index contributed by atoms with van der Waals surface area (Å²) in [5.74, 6) is -1.36. The van der Waals surface area contributed by atoms with E-state index >= 15 is 0 Å². The summed E-state index contributed by atoms with van der Waals surface area (Å²) < 4.78 is 0. The van der Waals surface area contributed by atoms with E-state index in [-0.39, 0.29) is 22.8 Å². The summed E-state index contributed by atoms with van der Waals surface area (Å²) >= 11 is 6.34. The van der Waals surface area contributed by atoms with E-state index in [0.717, 1.165) is 23.4 Å². The van der Waals surface area contributed by atoms with Crippen molar-refractivity contribution in [3.05, 3.63) is 63.2 Å². The maximum absolute atomic E-state index is 14.2. The molecule has 35 heavy (non-hydrogen) atoms. The van der Waals surface area contributed by atoms with Gasteiger partial charge in [0.2, 0.25) is 5.91 Å². The van der Waals surface area contributed by atoms with Crippen molar-refractivity contribution < 1.29 is 19.3 Å². The number of halogens is 1. The Hall–Kier alpha value is -3.46. The van der Waals surface area contributed by atoms with Crippen LogP contribution in [0.15, 0.2) is 42.5 Å². The van der Waals surface area contributed by atoms with Crippen molar-refractivity contribution >= 4 is 46.5 Å². The molecule has 2 heterocycles. The Kier molecular flexibility index (Phi) is 6.80. The van der Waals surface area contributed by atoms with Crippen molar-refractivity contribution in [1.82, 2.24) is 5.32 Å². The number of urea groups is 1. The third-order valence-corrected chi connectivity index (χ3v) is 7.14. The molecule has 0 unspecified atom stereocenters. The molecule has 2 aromatic carbocycles. The Balaban J connectivity index is 1.93. The minimum atomic E-state index is -1.65. The van der Waals surface area contributed by atoms with Crippen LogP contribution < -0.4 is 15.1 Å². The van der Waals surface area contributed by atoms with Crippen LogP contribution in [0.2, 0.25) is 5.02 Å². The number of carbonyl (C=O) groups is 3. The molecule has 0 aliphatic carbocycles. The summed E-state index contributed by atoms with van der Waals surface area (Å²) in [7, 11) is 0. The van der Waals surface area contributed by atoms with Gasteiger partial charge in [0.05, 0.1) is 21.7 Å². The number of fused-ring (bicyclic) bond motifs is 1. The van der Waals surface area contributed by atoms with Gasteiger partial charge in [-0.25, -0.2) is 9.69 Å². The van der Waals surface area contributed by atoms with Gasteiger partial charge in [0.1, 0.15) is 0 Å². The van der Waals surface area contributed by atoms with Crippen LogP contribution in [0.25, 0.3) is 0 Å². The van der Waals surface area contributed by atoms with Crippen molar-refractivity contribution in [1.29, 1.82) is 0 Å². The molecule has 10 heteroatoms. The van der Waals surface area contributed by atoms with Gasteiger partial charge in [-0.1, -0.05) is 50.4 Å². The summed E-state index contributed by atoms with van der Waals surface area (Å²) in [6.45, 7) is 4.58. The molecule has 1 fully saturated rings. The number of nitro groups is 1.